The summed E-state index contributed by atoms with van der Waals surface area (Å²) in [7, 11) is 0. The Bertz CT molecular complexity index is 1720. The van der Waals surface area contributed by atoms with Crippen molar-refractivity contribution in [2.24, 2.45) is 0 Å². The summed E-state index contributed by atoms with van der Waals surface area (Å²) in [5.41, 5.74) is 8.55. The number of aromatic nitrogens is 4. The lowest BCUT2D eigenvalue weighted by Crippen LogP contribution is -2.58. The molecular formula is C31H36ClFN8O2. The van der Waals surface area contributed by atoms with Crippen molar-refractivity contribution in [2.75, 3.05) is 50.0 Å². The Kier molecular flexibility index (Phi) is 7.87. The third-order valence-electron chi connectivity index (χ3n) is 8.61. The summed E-state index contributed by atoms with van der Waals surface area (Å²) in [6.07, 6.45) is 3.68. The minimum Gasteiger partial charge on any atom is -0.462 e. The van der Waals surface area contributed by atoms with Crippen LogP contribution in [0.2, 0.25) is 5.02 Å². The average molecular weight is 607 g/mol. The van der Waals surface area contributed by atoms with Crippen molar-refractivity contribution in [1.29, 1.82) is 0 Å². The number of aromatic amines is 1. The van der Waals surface area contributed by atoms with Crippen LogP contribution >= 0.6 is 11.6 Å². The molecule has 2 atom stereocenters. The SMILES string of the molecule is C=CC(=O)N1C[C@H](C)N(c2nc(OCCN3CCCC3)nc3c(F)c(-c4c(C)ccc5[nH]nc(N)c45)c(Cl)cc23)C[C@H]1C. The van der Waals surface area contributed by atoms with Crippen LogP contribution in [0, 0.1) is 12.7 Å². The lowest BCUT2D eigenvalue weighted by Gasteiger charge is -2.44. The number of benzene rings is 2. The smallest absolute Gasteiger partial charge is 0.319 e. The largest absolute Gasteiger partial charge is 0.462 e. The van der Waals surface area contributed by atoms with Gasteiger partial charge < -0.3 is 20.3 Å². The number of halogens is 2. The van der Waals surface area contributed by atoms with E-state index in [9.17, 15) is 4.79 Å². The predicted octanol–water partition coefficient (Wildman–Crippen LogP) is 4.94. The lowest BCUT2D eigenvalue weighted by atomic mass is 9.94. The number of nitrogen functional groups attached to an aromatic ring is 1. The summed E-state index contributed by atoms with van der Waals surface area (Å²) < 4.78 is 22.9. The van der Waals surface area contributed by atoms with Crippen molar-refractivity contribution in [3.05, 3.63) is 47.3 Å². The fraction of sp³-hybridized carbons (Fsp3) is 0.419. The van der Waals surface area contributed by atoms with E-state index in [1.54, 1.807) is 11.0 Å². The van der Waals surface area contributed by atoms with E-state index in [4.69, 9.17) is 27.1 Å². The molecule has 2 aromatic heterocycles. The quantitative estimate of drug-likeness (QED) is 0.284. The number of ether oxygens (including phenoxy) is 1. The van der Waals surface area contributed by atoms with Crippen molar-refractivity contribution >= 4 is 50.9 Å². The molecule has 43 heavy (non-hydrogen) atoms. The molecule has 0 saturated carbocycles. The zero-order chi connectivity index (χ0) is 30.4. The van der Waals surface area contributed by atoms with Crippen molar-refractivity contribution < 1.29 is 13.9 Å². The Morgan fingerprint density at radius 1 is 1.21 bits per heavy atom. The summed E-state index contributed by atoms with van der Waals surface area (Å²) >= 11 is 6.90. The maximum atomic E-state index is 16.9. The molecule has 2 fully saturated rings. The summed E-state index contributed by atoms with van der Waals surface area (Å²) in [6.45, 7) is 13.6. The molecule has 0 aliphatic carbocycles. The summed E-state index contributed by atoms with van der Waals surface area (Å²) in [5.74, 6) is 0.0526. The molecule has 3 N–H and O–H groups in total. The highest BCUT2D eigenvalue weighted by molar-refractivity contribution is 6.35. The molecule has 0 bridgehead atoms. The Hall–Kier alpha value is -3.96. The summed E-state index contributed by atoms with van der Waals surface area (Å²) in [4.78, 5) is 28.1. The molecule has 2 saturated heterocycles. The number of fused-ring (bicyclic) bond motifs is 2. The molecule has 1 amide bonds. The number of anilines is 2. The normalized spacial score (nSPS) is 19.5. The van der Waals surface area contributed by atoms with Crippen molar-refractivity contribution in [3.63, 3.8) is 0 Å². The standard InChI is InChI=1S/C31H36ClFN8O2/c1-5-23(42)40-15-19(4)41(16-18(40)3)30-20-14-21(32)25(24-17(2)8-9-22-26(24)29(34)38-37-22)27(33)28(20)35-31(36-30)43-13-12-39-10-6-7-11-39/h5,8-9,14,18-19H,1,6-7,10-13,15-16H2,2-4H3,(H3,34,37,38)/t18-,19+/m1/s1. The van der Waals surface area contributed by atoms with E-state index >= 15 is 4.39 Å². The third-order valence-corrected chi connectivity index (χ3v) is 8.91. The van der Waals surface area contributed by atoms with Gasteiger partial charge in [0.2, 0.25) is 5.91 Å². The van der Waals surface area contributed by atoms with E-state index < -0.39 is 5.82 Å². The molecule has 0 radical (unpaired) electrons. The van der Waals surface area contributed by atoms with Gasteiger partial charge in [0, 0.05) is 48.2 Å². The van der Waals surface area contributed by atoms with Gasteiger partial charge in [-0.3, -0.25) is 14.8 Å². The Morgan fingerprint density at radius 3 is 2.72 bits per heavy atom. The van der Waals surface area contributed by atoms with Crippen LogP contribution in [0.5, 0.6) is 6.01 Å². The number of carbonyl (C=O) groups excluding carboxylic acids is 1. The second kappa shape index (κ2) is 11.6. The van der Waals surface area contributed by atoms with E-state index in [1.165, 1.54) is 18.9 Å². The molecule has 2 aliphatic rings. The number of H-pyrrole nitrogens is 1. The fourth-order valence-electron chi connectivity index (χ4n) is 6.36. The lowest BCUT2D eigenvalue weighted by molar-refractivity contribution is -0.128. The second-order valence-electron chi connectivity index (χ2n) is 11.5. The minimum absolute atomic E-state index is 0.0936. The number of hydrogen-bond donors (Lipinski definition) is 2. The van der Waals surface area contributed by atoms with E-state index in [-0.39, 0.29) is 45.9 Å². The maximum absolute atomic E-state index is 16.9. The molecule has 2 aromatic carbocycles. The van der Waals surface area contributed by atoms with Gasteiger partial charge in [-0.25, -0.2) is 4.39 Å². The van der Waals surface area contributed by atoms with Crippen LogP contribution < -0.4 is 15.4 Å². The molecule has 2 aliphatic heterocycles. The molecule has 4 heterocycles. The van der Waals surface area contributed by atoms with Gasteiger partial charge >= 0.3 is 6.01 Å². The second-order valence-corrected chi connectivity index (χ2v) is 11.9. The van der Waals surface area contributed by atoms with Crippen LogP contribution in [-0.2, 0) is 4.79 Å². The molecule has 0 spiro atoms. The van der Waals surface area contributed by atoms with E-state index in [0.717, 1.165) is 25.2 Å². The first-order valence-electron chi connectivity index (χ1n) is 14.7. The molecule has 12 heteroatoms. The number of carbonyl (C=O) groups is 1. The summed E-state index contributed by atoms with van der Waals surface area (Å²) in [5, 5.41) is 8.31. The Morgan fingerprint density at radius 2 is 1.98 bits per heavy atom. The Labute approximate surface area is 254 Å². The number of hydrogen-bond acceptors (Lipinski definition) is 8. The number of nitrogens with one attached hydrogen (secondary N) is 1. The molecule has 226 valence electrons. The van der Waals surface area contributed by atoms with Crippen LogP contribution in [0.1, 0.15) is 32.3 Å². The van der Waals surface area contributed by atoms with Crippen molar-refractivity contribution in [2.45, 2.75) is 45.7 Å². The van der Waals surface area contributed by atoms with Gasteiger partial charge in [0.05, 0.1) is 15.9 Å². The number of piperazine rings is 1. The molecule has 6 rings (SSSR count). The number of nitrogens with two attached hydrogens (primary N) is 1. The minimum atomic E-state index is -0.590. The van der Waals surface area contributed by atoms with Crippen molar-refractivity contribution in [3.8, 4) is 17.1 Å². The topological polar surface area (TPSA) is 116 Å². The first-order valence-corrected chi connectivity index (χ1v) is 15.0. The number of amides is 1. The van der Waals surface area contributed by atoms with Crippen LogP contribution in [-0.4, -0.2) is 87.3 Å². The van der Waals surface area contributed by atoms with Gasteiger partial charge in [0.25, 0.3) is 0 Å². The van der Waals surface area contributed by atoms with E-state index in [1.807, 2.05) is 32.9 Å². The fourth-order valence-corrected chi connectivity index (χ4v) is 6.64. The van der Waals surface area contributed by atoms with Gasteiger partial charge in [-0.1, -0.05) is 24.2 Å². The van der Waals surface area contributed by atoms with Gasteiger partial charge in [0.15, 0.2) is 11.6 Å². The number of rotatable bonds is 7. The highest BCUT2D eigenvalue weighted by atomic mass is 35.5. The predicted molar refractivity (Wildman–Crippen MR) is 168 cm³/mol. The van der Waals surface area contributed by atoms with Crippen molar-refractivity contribution in [1.82, 2.24) is 30.0 Å². The van der Waals surface area contributed by atoms with Gasteiger partial charge in [-0.15, -0.1) is 0 Å². The number of aryl methyl sites for hydroxylation is 1. The summed E-state index contributed by atoms with van der Waals surface area (Å²) in [6, 6.07) is 5.29. The maximum Gasteiger partial charge on any atom is 0.319 e. The highest BCUT2D eigenvalue weighted by Gasteiger charge is 2.34. The van der Waals surface area contributed by atoms with Crippen LogP contribution in [0.4, 0.5) is 16.0 Å². The number of likely N-dealkylation sites (tertiary alicyclic amines) is 1. The molecule has 10 nitrogen and oxygen atoms in total. The molecular weight excluding hydrogens is 571 g/mol. The van der Waals surface area contributed by atoms with Crippen LogP contribution in [0.15, 0.2) is 30.9 Å². The van der Waals surface area contributed by atoms with E-state index in [2.05, 4.69) is 31.6 Å². The highest BCUT2D eigenvalue weighted by Crippen LogP contribution is 2.43. The first kappa shape index (κ1) is 29.1. The average Bonchev–Trinajstić information content (AvgIpc) is 3.64. The van der Waals surface area contributed by atoms with Crippen LogP contribution in [0.3, 0.4) is 0 Å². The van der Waals surface area contributed by atoms with Gasteiger partial charge in [-0.2, -0.15) is 15.1 Å². The first-order chi connectivity index (χ1) is 20.7. The molecule has 4 aromatic rings. The van der Waals surface area contributed by atoms with Crippen LogP contribution in [0.25, 0.3) is 32.9 Å². The number of nitrogens with zero attached hydrogens (tertiary/aromatic N) is 6. The zero-order valence-electron chi connectivity index (χ0n) is 24.7. The van der Waals surface area contributed by atoms with Gasteiger partial charge in [-0.05, 0) is 70.5 Å². The zero-order valence-corrected chi connectivity index (χ0v) is 25.4. The van der Waals surface area contributed by atoms with E-state index in [0.29, 0.717) is 47.4 Å². The molecule has 0 unspecified atom stereocenters. The monoisotopic (exact) mass is 606 g/mol. The Balaban J connectivity index is 1.49. The third kappa shape index (κ3) is 5.25. The van der Waals surface area contributed by atoms with Gasteiger partial charge in [0.1, 0.15) is 17.9 Å².